The number of carbonyl (C=O) groups excluding carboxylic acids is 2. The lowest BCUT2D eigenvalue weighted by atomic mass is 9.75. The van der Waals surface area contributed by atoms with Crippen LogP contribution in [-0.2, 0) is 4.74 Å². The third-order valence-electron chi connectivity index (χ3n) is 4.87. The molecule has 0 unspecified atom stereocenters. The number of allylic oxidation sites excluding steroid dienone is 3. The van der Waals surface area contributed by atoms with Crippen molar-refractivity contribution in [2.45, 2.75) is 5.92 Å². The third kappa shape index (κ3) is 2.89. The van der Waals surface area contributed by atoms with E-state index in [1.165, 1.54) is 0 Å². The normalized spacial score (nSPS) is 17.8. The molecule has 4 rings (SSSR count). The largest absolute Gasteiger partial charge is 0.490 e. The first-order valence-electron chi connectivity index (χ1n) is 8.90. The number of carbonyl (C=O) groups is 2. The van der Waals surface area contributed by atoms with Gasteiger partial charge in [0.2, 0.25) is 11.7 Å². The van der Waals surface area contributed by atoms with Gasteiger partial charge in [-0.25, -0.2) is 0 Å². The Kier molecular flexibility index (Phi) is 4.49. The number of hydrogen-bond donors (Lipinski definition) is 1. The molecule has 2 aromatic carbocycles. The number of ether oxygens (including phenoxy) is 2. The molecule has 2 aliphatic rings. The molecule has 29 heavy (non-hydrogen) atoms. The predicted molar refractivity (Wildman–Crippen MR) is 105 cm³/mol. The molecule has 0 saturated heterocycles. The van der Waals surface area contributed by atoms with Crippen LogP contribution >= 0.6 is 0 Å². The van der Waals surface area contributed by atoms with Crippen LogP contribution in [0.5, 0.6) is 5.75 Å². The van der Waals surface area contributed by atoms with Crippen molar-refractivity contribution in [3.63, 3.8) is 0 Å². The van der Waals surface area contributed by atoms with Gasteiger partial charge in [0.15, 0.2) is 11.5 Å². The number of nitrogens with two attached hydrogens (primary N) is 1. The topological polar surface area (TPSA) is 102 Å². The van der Waals surface area contributed by atoms with Gasteiger partial charge in [0.05, 0.1) is 11.5 Å². The molecule has 0 spiro atoms. The van der Waals surface area contributed by atoms with Gasteiger partial charge < -0.3 is 15.2 Å². The highest BCUT2D eigenvalue weighted by atomic mass is 16.5. The van der Waals surface area contributed by atoms with Crippen molar-refractivity contribution in [1.82, 2.24) is 0 Å². The minimum Gasteiger partial charge on any atom is -0.490 e. The summed E-state index contributed by atoms with van der Waals surface area (Å²) in [5.41, 5.74) is 7.34. The highest BCUT2D eigenvalue weighted by molar-refractivity contribution is 6.27. The molecule has 0 aromatic heterocycles. The number of fused-ring (bicyclic) bond motifs is 1. The third-order valence-corrected chi connectivity index (χ3v) is 4.87. The van der Waals surface area contributed by atoms with Crippen LogP contribution in [0.25, 0.3) is 0 Å². The molecule has 0 radical (unpaired) electrons. The Morgan fingerprint density at radius 3 is 2.38 bits per heavy atom. The number of ketones is 2. The van der Waals surface area contributed by atoms with Crippen LogP contribution in [-0.4, -0.2) is 18.2 Å². The maximum atomic E-state index is 13.3. The van der Waals surface area contributed by atoms with E-state index in [0.717, 1.165) is 0 Å². The summed E-state index contributed by atoms with van der Waals surface area (Å²) in [6.45, 7) is 3.96. The van der Waals surface area contributed by atoms with Gasteiger partial charge in [0.1, 0.15) is 24.0 Å². The van der Waals surface area contributed by atoms with Crippen LogP contribution in [0.15, 0.2) is 84.0 Å². The van der Waals surface area contributed by atoms with Crippen molar-refractivity contribution in [2.75, 3.05) is 6.61 Å². The summed E-state index contributed by atoms with van der Waals surface area (Å²) in [5.74, 6) is -1.27. The molecule has 1 aliphatic heterocycles. The second-order valence-corrected chi connectivity index (χ2v) is 6.54. The number of nitriles is 1. The summed E-state index contributed by atoms with van der Waals surface area (Å²) >= 11 is 0. The first kappa shape index (κ1) is 18.3. The number of benzene rings is 2. The fourth-order valence-electron chi connectivity index (χ4n) is 3.55. The van der Waals surface area contributed by atoms with E-state index in [1.807, 2.05) is 6.07 Å². The number of Topliss-reactive ketones (excluding diaryl/α,β-unsaturated/α-hetero) is 2. The molecular formula is C23H16N2O4. The van der Waals surface area contributed by atoms with Gasteiger partial charge in [-0.05, 0) is 17.7 Å². The summed E-state index contributed by atoms with van der Waals surface area (Å²) in [5, 5.41) is 9.68. The van der Waals surface area contributed by atoms with Crippen molar-refractivity contribution >= 4 is 11.6 Å². The Hall–Kier alpha value is -4.11. The highest BCUT2D eigenvalue weighted by Crippen LogP contribution is 2.44. The molecule has 2 N–H and O–H groups in total. The van der Waals surface area contributed by atoms with E-state index in [-0.39, 0.29) is 39.7 Å². The van der Waals surface area contributed by atoms with Crippen molar-refractivity contribution in [2.24, 2.45) is 5.73 Å². The SMILES string of the molecule is C=CCOc1ccc([C@@H]2C(C#N)=C(N)OC3=C2C(=O)c2ccccc2C3=O)cc1. The second-order valence-electron chi connectivity index (χ2n) is 6.54. The molecule has 6 heteroatoms. The van der Waals surface area contributed by atoms with Gasteiger partial charge in [-0.2, -0.15) is 5.26 Å². The first-order valence-corrected chi connectivity index (χ1v) is 8.90. The Labute approximate surface area is 167 Å². The second kappa shape index (κ2) is 7.13. The van der Waals surface area contributed by atoms with Crippen LogP contribution in [0, 0.1) is 11.3 Å². The van der Waals surface area contributed by atoms with Gasteiger partial charge >= 0.3 is 0 Å². The molecule has 1 atom stereocenters. The van der Waals surface area contributed by atoms with E-state index in [4.69, 9.17) is 15.2 Å². The van der Waals surface area contributed by atoms with E-state index in [1.54, 1.807) is 54.6 Å². The molecule has 1 aliphatic carbocycles. The van der Waals surface area contributed by atoms with Crippen LogP contribution in [0.4, 0.5) is 0 Å². The Bertz CT molecular complexity index is 1150. The van der Waals surface area contributed by atoms with Crippen LogP contribution in [0.2, 0.25) is 0 Å². The quantitative estimate of drug-likeness (QED) is 0.811. The van der Waals surface area contributed by atoms with Gasteiger partial charge in [0.25, 0.3) is 0 Å². The van der Waals surface area contributed by atoms with Crippen LogP contribution in [0.1, 0.15) is 32.2 Å². The molecule has 6 nitrogen and oxygen atoms in total. The van der Waals surface area contributed by atoms with Crippen LogP contribution < -0.4 is 10.5 Å². The van der Waals surface area contributed by atoms with Crippen molar-refractivity contribution in [1.29, 1.82) is 5.26 Å². The van der Waals surface area contributed by atoms with Gasteiger partial charge in [-0.3, -0.25) is 9.59 Å². The number of nitrogens with zero attached hydrogens (tertiary/aromatic N) is 1. The highest BCUT2D eigenvalue weighted by Gasteiger charge is 2.43. The Morgan fingerprint density at radius 2 is 1.76 bits per heavy atom. The van der Waals surface area contributed by atoms with E-state index >= 15 is 0 Å². The van der Waals surface area contributed by atoms with E-state index in [0.29, 0.717) is 17.9 Å². The summed E-state index contributed by atoms with van der Waals surface area (Å²) in [4.78, 5) is 26.2. The van der Waals surface area contributed by atoms with E-state index < -0.39 is 11.7 Å². The smallest absolute Gasteiger partial charge is 0.229 e. The fourth-order valence-corrected chi connectivity index (χ4v) is 3.55. The zero-order chi connectivity index (χ0) is 20.5. The predicted octanol–water partition coefficient (Wildman–Crippen LogP) is 3.39. The van der Waals surface area contributed by atoms with Gasteiger partial charge in [0, 0.05) is 11.1 Å². The summed E-state index contributed by atoms with van der Waals surface area (Å²) in [6.07, 6.45) is 1.63. The molecule has 1 heterocycles. The molecule has 142 valence electrons. The standard InChI is InChI=1S/C23H16N2O4/c1-2-11-28-14-9-7-13(8-10-14)18-17(12-24)23(25)29-22-19(18)20(26)15-5-3-4-6-16(15)21(22)27/h2-10,18H,1,11,25H2/t18-/m1/s1. The molecular weight excluding hydrogens is 368 g/mol. The van der Waals surface area contributed by atoms with Crippen LogP contribution in [0.3, 0.4) is 0 Å². The van der Waals surface area contributed by atoms with E-state index in [2.05, 4.69) is 6.58 Å². The Morgan fingerprint density at radius 1 is 1.10 bits per heavy atom. The zero-order valence-electron chi connectivity index (χ0n) is 15.3. The van der Waals surface area contributed by atoms with Gasteiger partial charge in [-0.15, -0.1) is 0 Å². The molecule has 0 bridgehead atoms. The Balaban J connectivity index is 1.85. The summed E-state index contributed by atoms with van der Waals surface area (Å²) < 4.78 is 11.0. The molecule has 0 amide bonds. The minimum atomic E-state index is -0.804. The average molecular weight is 384 g/mol. The summed E-state index contributed by atoms with van der Waals surface area (Å²) in [7, 11) is 0. The lowest BCUT2D eigenvalue weighted by Gasteiger charge is -2.30. The molecule has 2 aromatic rings. The number of hydrogen-bond acceptors (Lipinski definition) is 6. The zero-order valence-corrected chi connectivity index (χ0v) is 15.3. The van der Waals surface area contributed by atoms with Gasteiger partial charge in [-0.1, -0.05) is 49.1 Å². The van der Waals surface area contributed by atoms with Crippen molar-refractivity contribution < 1.29 is 19.1 Å². The first-order chi connectivity index (χ1) is 14.1. The molecule has 0 fully saturated rings. The van der Waals surface area contributed by atoms with Crippen molar-refractivity contribution in [3.05, 3.63) is 101 Å². The lowest BCUT2D eigenvalue weighted by molar-refractivity contribution is 0.0897. The average Bonchev–Trinajstić information content (AvgIpc) is 2.75. The minimum absolute atomic E-state index is 0.0871. The summed E-state index contributed by atoms with van der Waals surface area (Å²) in [6, 6.07) is 15.5. The fraction of sp³-hybridized carbons (Fsp3) is 0.0870. The lowest BCUT2D eigenvalue weighted by Crippen LogP contribution is -2.32. The maximum Gasteiger partial charge on any atom is 0.229 e. The number of rotatable bonds is 4. The maximum absolute atomic E-state index is 13.3. The van der Waals surface area contributed by atoms with E-state index in [9.17, 15) is 14.9 Å². The molecule has 0 saturated carbocycles. The van der Waals surface area contributed by atoms with Crippen molar-refractivity contribution in [3.8, 4) is 11.8 Å². The monoisotopic (exact) mass is 384 g/mol.